The summed E-state index contributed by atoms with van der Waals surface area (Å²) in [5.74, 6) is 0.303. The Morgan fingerprint density at radius 3 is 2.32 bits per heavy atom. The predicted molar refractivity (Wildman–Crippen MR) is 128 cm³/mol. The Kier molecular flexibility index (Phi) is 12.3. The monoisotopic (exact) mass is 573 g/mol. The van der Waals surface area contributed by atoms with Gasteiger partial charge in [-0.05, 0) is 104 Å². The number of fused-ring (bicyclic) bond motifs is 5. The Morgan fingerprint density at radius 1 is 1.05 bits per heavy atom. The molecule has 0 aromatic carbocycles. The van der Waals surface area contributed by atoms with E-state index < -0.39 is 35.1 Å². The Hall–Kier alpha value is 0.770. The number of aliphatic carboxylic acids is 1. The molecule has 2 N–H and O–H groups in total. The van der Waals surface area contributed by atoms with Crippen LogP contribution in [0.1, 0.15) is 85.0 Å². The first-order valence-corrected chi connectivity index (χ1v) is 14.9. The maximum absolute atomic E-state index is 12.0. The van der Waals surface area contributed by atoms with Gasteiger partial charge in [0.2, 0.25) is 16.3 Å². The van der Waals surface area contributed by atoms with Gasteiger partial charge in [0.25, 0.3) is 0 Å². The summed E-state index contributed by atoms with van der Waals surface area (Å²) in [6.07, 6.45) is 6.62. The Labute approximate surface area is 271 Å². The molecule has 0 aliphatic heterocycles. The van der Waals surface area contributed by atoms with Crippen LogP contribution < -0.4 is 69.5 Å². The van der Waals surface area contributed by atoms with E-state index in [1.54, 1.807) is 0 Å². The van der Waals surface area contributed by atoms with Crippen molar-refractivity contribution in [2.24, 2.45) is 46.3 Å². The summed E-state index contributed by atoms with van der Waals surface area (Å²) in [5.41, 5.74) is 0.0850. The first kappa shape index (κ1) is 35.0. The second-order valence-corrected chi connectivity index (χ2v) is 13.6. The van der Waals surface area contributed by atoms with E-state index in [4.69, 9.17) is 4.18 Å². The molecule has 4 rings (SSSR count). The molecule has 4 fully saturated rings. The molecule has 4 saturated carbocycles. The van der Waals surface area contributed by atoms with Crippen molar-refractivity contribution >= 4 is 22.3 Å². The molecule has 0 bridgehead atoms. The van der Waals surface area contributed by atoms with Crippen LogP contribution in [0.3, 0.4) is 0 Å². The molecule has 4 unspecified atom stereocenters. The number of nitrogens with one attached hydrogen (secondary N) is 1. The van der Waals surface area contributed by atoms with Gasteiger partial charge in [0, 0.05) is 6.42 Å². The fourth-order valence-electron chi connectivity index (χ4n) is 9.23. The number of carbonyl (C=O) groups excluding carboxylic acids is 2. The van der Waals surface area contributed by atoms with E-state index in [9.17, 15) is 32.8 Å². The molecule has 38 heavy (non-hydrogen) atoms. The maximum Gasteiger partial charge on any atom is 1.00 e. The van der Waals surface area contributed by atoms with E-state index in [0.29, 0.717) is 55.8 Å². The molecular formula is C26H41NNa2O8S. The van der Waals surface area contributed by atoms with Crippen LogP contribution in [0.15, 0.2) is 0 Å². The van der Waals surface area contributed by atoms with Crippen molar-refractivity contribution in [2.75, 3.05) is 6.54 Å². The minimum absolute atomic E-state index is 0. The number of carboxylic acids is 1. The molecule has 12 heteroatoms. The number of amides is 1. The van der Waals surface area contributed by atoms with Crippen molar-refractivity contribution in [1.82, 2.24) is 5.32 Å². The van der Waals surface area contributed by atoms with Crippen molar-refractivity contribution in [3.05, 3.63) is 0 Å². The average molecular weight is 574 g/mol. The summed E-state index contributed by atoms with van der Waals surface area (Å²) in [4.78, 5) is 22.6. The third kappa shape index (κ3) is 7.21. The second kappa shape index (κ2) is 13.4. The Bertz CT molecular complexity index is 967. The zero-order chi connectivity index (χ0) is 26.5. The van der Waals surface area contributed by atoms with Crippen LogP contribution in [0.4, 0.5) is 0 Å². The maximum atomic E-state index is 12.0. The number of carboxylic acid groups (broad SMARTS) is 1. The molecule has 4 aliphatic carbocycles. The fourth-order valence-corrected chi connectivity index (χ4v) is 9.74. The van der Waals surface area contributed by atoms with Gasteiger partial charge in [0.05, 0.1) is 24.7 Å². The summed E-state index contributed by atoms with van der Waals surface area (Å²) in [5, 5.41) is 24.4. The van der Waals surface area contributed by atoms with Crippen molar-refractivity contribution < 1.29 is 96.1 Å². The molecule has 206 valence electrons. The van der Waals surface area contributed by atoms with Crippen LogP contribution in [-0.4, -0.2) is 48.7 Å². The molecule has 0 aromatic heterocycles. The van der Waals surface area contributed by atoms with Crippen LogP contribution in [0.2, 0.25) is 0 Å². The van der Waals surface area contributed by atoms with Gasteiger partial charge in [-0.2, -0.15) is 0 Å². The number of rotatable bonds is 8. The minimum atomic E-state index is -4.74. The molecule has 10 atom stereocenters. The van der Waals surface area contributed by atoms with E-state index in [2.05, 4.69) is 26.1 Å². The number of carbonyl (C=O) groups is 2. The topological polar surface area (TPSA) is 156 Å². The molecule has 0 spiro atoms. The normalized spacial score (nSPS) is 40.8. The van der Waals surface area contributed by atoms with Gasteiger partial charge < -0.3 is 24.9 Å². The number of aliphatic hydroxyl groups excluding tert-OH is 1. The van der Waals surface area contributed by atoms with Crippen LogP contribution in [0.25, 0.3) is 0 Å². The summed E-state index contributed by atoms with van der Waals surface area (Å²) >= 11 is 0. The molecule has 0 heterocycles. The summed E-state index contributed by atoms with van der Waals surface area (Å²) in [6.45, 7) is 6.39. The average Bonchev–Trinajstić information content (AvgIpc) is 3.13. The predicted octanol–water partition coefficient (Wildman–Crippen LogP) is -4.25. The van der Waals surface area contributed by atoms with E-state index in [1.165, 1.54) is 0 Å². The number of hydrogen-bond donors (Lipinski definition) is 2. The number of hydrogen-bond acceptors (Lipinski definition) is 8. The van der Waals surface area contributed by atoms with Crippen LogP contribution in [0, 0.1) is 46.3 Å². The van der Waals surface area contributed by atoms with Gasteiger partial charge in [-0.3, -0.25) is 8.98 Å². The number of aliphatic hydroxyl groups is 1. The second-order valence-electron chi connectivity index (χ2n) is 12.6. The minimum Gasteiger partial charge on any atom is -0.726 e. The molecule has 0 aromatic rings. The molecule has 0 saturated heterocycles. The van der Waals surface area contributed by atoms with Crippen molar-refractivity contribution in [3.63, 3.8) is 0 Å². The summed E-state index contributed by atoms with van der Waals surface area (Å²) in [6, 6.07) is 0. The first-order valence-electron chi connectivity index (χ1n) is 13.5. The third-order valence-corrected chi connectivity index (χ3v) is 11.4. The van der Waals surface area contributed by atoms with Gasteiger partial charge in [0.1, 0.15) is 0 Å². The zero-order valence-electron chi connectivity index (χ0n) is 23.6. The van der Waals surface area contributed by atoms with E-state index >= 15 is 0 Å². The van der Waals surface area contributed by atoms with Crippen molar-refractivity contribution in [2.45, 2.75) is 97.2 Å². The molecule has 9 nitrogen and oxygen atoms in total. The molecular weight excluding hydrogens is 532 g/mol. The zero-order valence-corrected chi connectivity index (χ0v) is 28.4. The van der Waals surface area contributed by atoms with Crippen LogP contribution >= 0.6 is 0 Å². The van der Waals surface area contributed by atoms with Gasteiger partial charge in [-0.25, -0.2) is 8.42 Å². The van der Waals surface area contributed by atoms with Gasteiger partial charge >= 0.3 is 59.1 Å². The smallest absolute Gasteiger partial charge is 0.726 e. The van der Waals surface area contributed by atoms with Gasteiger partial charge in [-0.15, -0.1) is 0 Å². The quantitative estimate of drug-likeness (QED) is 0.168. The van der Waals surface area contributed by atoms with Crippen LogP contribution in [-0.2, 0) is 24.2 Å². The van der Waals surface area contributed by atoms with Crippen LogP contribution in [0.5, 0.6) is 0 Å². The van der Waals surface area contributed by atoms with Gasteiger partial charge in [0.15, 0.2) is 0 Å². The summed E-state index contributed by atoms with van der Waals surface area (Å²) < 4.78 is 38.2. The van der Waals surface area contributed by atoms with E-state index in [-0.39, 0.29) is 87.7 Å². The third-order valence-electron chi connectivity index (χ3n) is 10.9. The van der Waals surface area contributed by atoms with Crippen molar-refractivity contribution in [1.29, 1.82) is 0 Å². The SMILES string of the molecule is C[C@H](CCC(=O)NCC(=O)[O-])[C@H]1CCC2C3C(O)C[C@@H]4C[C@H](OS(=O)(=O)[O-])CC[C@]4(C)C3CC[C@@]21C.[Na+].[Na+]. The fraction of sp³-hybridized carbons (Fsp3) is 0.923. The molecule has 1 amide bonds. The largest absolute Gasteiger partial charge is 1.00 e. The molecule has 0 radical (unpaired) electrons. The first-order chi connectivity index (χ1) is 16.7. The van der Waals surface area contributed by atoms with Crippen molar-refractivity contribution in [3.8, 4) is 0 Å². The van der Waals surface area contributed by atoms with Gasteiger partial charge in [-0.1, -0.05) is 20.8 Å². The standard InChI is InChI=1S/C26H43NO8S.2Na/c1-15(4-7-22(29)27-14-23(30)31)18-5-6-19-24-20(9-11-26(18,19)3)25(2)10-8-17(35-36(32,33)34)12-16(25)13-21(24)28;;/h15-21,24,28H,4-14H2,1-3H3,(H,27,29)(H,30,31)(H,32,33,34);;/q;2*+1/p-2/t15-,16+,17-,18-,19?,20?,21?,24?,25+,26-;;/m1../s1. The Balaban J connectivity index is 0.00000253. The van der Waals surface area contributed by atoms with E-state index in [1.807, 2.05) is 0 Å². The van der Waals surface area contributed by atoms with E-state index in [0.717, 1.165) is 32.1 Å². The molecule has 4 aliphatic rings. The Morgan fingerprint density at radius 2 is 1.68 bits per heavy atom. The summed E-state index contributed by atoms with van der Waals surface area (Å²) in [7, 11) is -4.74.